The van der Waals surface area contributed by atoms with Crippen LogP contribution in [0.2, 0.25) is 0 Å². The van der Waals surface area contributed by atoms with E-state index in [-0.39, 0.29) is 5.92 Å². The van der Waals surface area contributed by atoms with Crippen LogP contribution in [0.4, 0.5) is 0 Å². The van der Waals surface area contributed by atoms with Crippen LogP contribution < -0.4 is 0 Å². The van der Waals surface area contributed by atoms with Gasteiger partial charge in [0, 0.05) is 11.8 Å². The van der Waals surface area contributed by atoms with E-state index in [9.17, 15) is 4.79 Å². The van der Waals surface area contributed by atoms with Gasteiger partial charge in [0.1, 0.15) is 4.87 Å². The number of carbonyl (C=O) groups excluding carboxylic acids is 1. The van der Waals surface area contributed by atoms with E-state index < -0.39 is 4.87 Å². The van der Waals surface area contributed by atoms with Crippen LogP contribution in [-0.2, 0) is 4.79 Å². The van der Waals surface area contributed by atoms with Crippen molar-refractivity contribution in [3.63, 3.8) is 0 Å². The first kappa shape index (κ1) is 8.81. The van der Waals surface area contributed by atoms with Crippen LogP contribution in [0.15, 0.2) is 12.2 Å². The monoisotopic (exact) mass is 222 g/mol. The molecule has 4 aliphatic rings. The number of carbonyl (C=O) groups is 1. The predicted molar refractivity (Wildman–Crippen MR) is 58.6 cm³/mol. The van der Waals surface area contributed by atoms with Gasteiger partial charge in [0.05, 0.1) is 0 Å². The summed E-state index contributed by atoms with van der Waals surface area (Å²) in [6, 6.07) is 0. The fourth-order valence-corrected chi connectivity index (χ4v) is 5.41. The molecular formula is C13H15ClO. The molecule has 3 fully saturated rings. The molecule has 0 aromatic rings. The van der Waals surface area contributed by atoms with Crippen LogP contribution in [0.1, 0.15) is 25.7 Å². The number of fused-ring (bicyclic) bond motifs is 9. The number of Topliss-reactive ketones (excluding diaryl/α,β-unsaturated/α-hetero) is 1. The Morgan fingerprint density at radius 3 is 3.07 bits per heavy atom. The van der Waals surface area contributed by atoms with Crippen molar-refractivity contribution in [2.24, 2.45) is 29.6 Å². The molecule has 0 radical (unpaired) electrons. The van der Waals surface area contributed by atoms with Crippen LogP contribution in [-0.4, -0.2) is 10.7 Å². The van der Waals surface area contributed by atoms with Crippen LogP contribution in [0.25, 0.3) is 0 Å². The standard InChI is InChI=1S/C13H15ClO/c14-13-8-5-4-7(6-8)11(12(13)15)9-2-1-3-10(9)13/h4-5,7-11H,1-3,6H2/t7-,8+,9+,10-,11-,13-/m0/s1. The van der Waals surface area contributed by atoms with Crippen molar-refractivity contribution < 1.29 is 4.79 Å². The minimum atomic E-state index is -0.491. The molecule has 4 bridgehead atoms. The van der Waals surface area contributed by atoms with E-state index in [0.717, 1.165) is 6.42 Å². The Morgan fingerprint density at radius 2 is 2.20 bits per heavy atom. The molecule has 3 saturated carbocycles. The maximum Gasteiger partial charge on any atom is 0.158 e. The van der Waals surface area contributed by atoms with Crippen LogP contribution in [0.5, 0.6) is 0 Å². The number of halogens is 1. The van der Waals surface area contributed by atoms with Gasteiger partial charge in [-0.15, -0.1) is 11.6 Å². The van der Waals surface area contributed by atoms with Crippen LogP contribution in [0.3, 0.4) is 0 Å². The largest absolute Gasteiger partial charge is 0.297 e. The van der Waals surface area contributed by atoms with Gasteiger partial charge < -0.3 is 0 Å². The van der Waals surface area contributed by atoms with Crippen molar-refractivity contribution in [2.45, 2.75) is 30.6 Å². The maximum absolute atomic E-state index is 12.4. The molecule has 6 atom stereocenters. The van der Waals surface area contributed by atoms with Crippen LogP contribution >= 0.6 is 11.6 Å². The molecule has 4 aliphatic carbocycles. The zero-order chi connectivity index (χ0) is 10.2. The summed E-state index contributed by atoms with van der Waals surface area (Å²) >= 11 is 6.74. The lowest BCUT2D eigenvalue weighted by Gasteiger charge is -2.35. The molecule has 0 unspecified atom stereocenters. The molecule has 80 valence electrons. The number of hydrogen-bond donors (Lipinski definition) is 0. The summed E-state index contributed by atoms with van der Waals surface area (Å²) in [4.78, 5) is 11.9. The van der Waals surface area contributed by atoms with E-state index in [0.29, 0.717) is 29.5 Å². The van der Waals surface area contributed by atoms with E-state index in [2.05, 4.69) is 12.2 Å². The number of hydrogen-bond acceptors (Lipinski definition) is 1. The Labute approximate surface area is 94.9 Å². The summed E-state index contributed by atoms with van der Waals surface area (Å²) in [5, 5.41) is 0. The fourth-order valence-electron chi connectivity index (χ4n) is 4.85. The van der Waals surface area contributed by atoms with Gasteiger partial charge in [-0.3, -0.25) is 4.79 Å². The molecule has 0 spiro atoms. The SMILES string of the molecule is O=C1[C@@H]2[C@@H]3CCC[C@@H]3[C@@]1(Cl)[C@@H]1C=C[C@H]2C1. The number of ketones is 1. The molecule has 4 rings (SSSR count). The van der Waals surface area contributed by atoms with Gasteiger partial charge in [-0.2, -0.15) is 0 Å². The average Bonchev–Trinajstić information content (AvgIpc) is 2.85. The maximum atomic E-state index is 12.4. The first-order chi connectivity index (χ1) is 7.23. The Kier molecular flexibility index (Phi) is 1.47. The van der Waals surface area contributed by atoms with Gasteiger partial charge in [0.25, 0.3) is 0 Å². The summed E-state index contributed by atoms with van der Waals surface area (Å²) in [5.74, 6) is 2.67. The lowest BCUT2D eigenvalue weighted by Crippen LogP contribution is -2.45. The van der Waals surface area contributed by atoms with Crippen molar-refractivity contribution in [2.75, 3.05) is 0 Å². The third kappa shape index (κ3) is 0.791. The summed E-state index contributed by atoms with van der Waals surface area (Å²) in [6.45, 7) is 0. The lowest BCUT2D eigenvalue weighted by molar-refractivity contribution is -0.127. The molecule has 0 N–H and O–H groups in total. The minimum absolute atomic E-state index is 0.282. The summed E-state index contributed by atoms with van der Waals surface area (Å²) in [7, 11) is 0. The molecule has 1 nitrogen and oxygen atoms in total. The van der Waals surface area contributed by atoms with Gasteiger partial charge in [-0.1, -0.05) is 18.6 Å². The third-order valence-electron chi connectivity index (χ3n) is 5.37. The number of alkyl halides is 1. The van der Waals surface area contributed by atoms with E-state index in [4.69, 9.17) is 11.6 Å². The second kappa shape index (κ2) is 2.51. The second-order valence-electron chi connectivity index (χ2n) is 5.75. The molecule has 0 saturated heterocycles. The average molecular weight is 223 g/mol. The van der Waals surface area contributed by atoms with Gasteiger partial charge in [0.2, 0.25) is 0 Å². The molecular weight excluding hydrogens is 208 g/mol. The smallest absolute Gasteiger partial charge is 0.158 e. The highest BCUT2D eigenvalue weighted by Gasteiger charge is 2.68. The molecule has 15 heavy (non-hydrogen) atoms. The highest BCUT2D eigenvalue weighted by Crippen LogP contribution is 2.65. The van der Waals surface area contributed by atoms with Crippen molar-refractivity contribution in [1.82, 2.24) is 0 Å². The van der Waals surface area contributed by atoms with Crippen molar-refractivity contribution in [1.29, 1.82) is 0 Å². The summed E-state index contributed by atoms with van der Waals surface area (Å²) < 4.78 is 0. The molecule has 2 heteroatoms. The quantitative estimate of drug-likeness (QED) is 0.455. The zero-order valence-corrected chi connectivity index (χ0v) is 9.41. The first-order valence-corrected chi connectivity index (χ1v) is 6.52. The third-order valence-corrected chi connectivity index (χ3v) is 6.12. The van der Waals surface area contributed by atoms with E-state index in [1.165, 1.54) is 19.3 Å². The lowest BCUT2D eigenvalue weighted by atomic mass is 9.74. The molecule has 0 heterocycles. The number of rotatable bonds is 0. The Bertz CT molecular complexity index is 375. The van der Waals surface area contributed by atoms with E-state index in [1.54, 1.807) is 0 Å². The van der Waals surface area contributed by atoms with E-state index in [1.807, 2.05) is 0 Å². The van der Waals surface area contributed by atoms with E-state index >= 15 is 0 Å². The fraction of sp³-hybridized carbons (Fsp3) is 0.769. The van der Waals surface area contributed by atoms with Crippen molar-refractivity contribution in [3.05, 3.63) is 12.2 Å². The van der Waals surface area contributed by atoms with Gasteiger partial charge in [0.15, 0.2) is 5.78 Å². The first-order valence-electron chi connectivity index (χ1n) is 6.14. The van der Waals surface area contributed by atoms with Gasteiger partial charge >= 0.3 is 0 Å². The van der Waals surface area contributed by atoms with Gasteiger partial charge in [-0.05, 0) is 37.0 Å². The zero-order valence-electron chi connectivity index (χ0n) is 8.66. The van der Waals surface area contributed by atoms with Crippen LogP contribution in [0, 0.1) is 29.6 Å². The molecule has 0 aromatic heterocycles. The Morgan fingerprint density at radius 1 is 1.33 bits per heavy atom. The van der Waals surface area contributed by atoms with Crippen molar-refractivity contribution >= 4 is 17.4 Å². The predicted octanol–water partition coefficient (Wildman–Crippen LogP) is 2.79. The van der Waals surface area contributed by atoms with Crippen molar-refractivity contribution in [3.8, 4) is 0 Å². The minimum Gasteiger partial charge on any atom is -0.297 e. The second-order valence-corrected chi connectivity index (χ2v) is 6.38. The molecule has 0 aliphatic heterocycles. The topological polar surface area (TPSA) is 17.1 Å². The van der Waals surface area contributed by atoms with Gasteiger partial charge in [-0.25, -0.2) is 0 Å². The molecule has 0 aromatic carbocycles. The number of allylic oxidation sites excluding steroid dienone is 2. The normalized spacial score (nSPS) is 60.1. The highest BCUT2D eigenvalue weighted by atomic mass is 35.5. The summed E-state index contributed by atoms with van der Waals surface area (Å²) in [5.41, 5.74) is 0. The molecule has 0 amide bonds. The Balaban J connectivity index is 1.92. The highest BCUT2D eigenvalue weighted by molar-refractivity contribution is 6.37. The summed E-state index contributed by atoms with van der Waals surface area (Å²) in [6.07, 6.45) is 9.36. The Hall–Kier alpha value is -0.300.